The zero-order chi connectivity index (χ0) is 29.3. The van der Waals surface area contributed by atoms with Crippen LogP contribution >= 0.6 is 11.3 Å². The minimum atomic E-state index is -1.07. The third kappa shape index (κ3) is 5.22. The summed E-state index contributed by atoms with van der Waals surface area (Å²) < 4.78 is 17.3. The molecule has 1 unspecified atom stereocenters. The molecule has 1 amide bonds. The van der Waals surface area contributed by atoms with E-state index in [1.807, 2.05) is 6.07 Å². The van der Waals surface area contributed by atoms with Gasteiger partial charge in [0, 0.05) is 12.3 Å². The Morgan fingerprint density at radius 1 is 1.12 bits per heavy atom. The molecule has 2 aromatic heterocycles. The third-order valence-corrected chi connectivity index (χ3v) is 8.18. The Balaban J connectivity index is 1.61. The number of benzene rings is 2. The van der Waals surface area contributed by atoms with Crippen LogP contribution in [0.25, 0.3) is 11.0 Å². The highest BCUT2D eigenvalue weighted by Gasteiger charge is 2.47. The normalized spacial score (nSPS) is 15.2. The van der Waals surface area contributed by atoms with Gasteiger partial charge >= 0.3 is 0 Å². The quantitative estimate of drug-likeness (QED) is 0.154. The molecule has 1 aliphatic rings. The van der Waals surface area contributed by atoms with Crippen molar-refractivity contribution in [2.45, 2.75) is 46.1 Å². The number of nitrogens with zero attached hydrogens (tertiary/aromatic N) is 2. The number of ether oxygens (including phenoxy) is 2. The molecule has 4 aromatic rings. The fourth-order valence-corrected chi connectivity index (χ4v) is 5.88. The molecule has 0 fully saturated rings. The molecule has 0 bridgehead atoms. The SMILES string of the molecule is CCCCCOc1ccc(C2C(C(=O)c3cc4ccccc4o3)=C(O)C(=O)N2c2nc(C)c(C(C)=O)s2)cc1OC. The molecule has 0 radical (unpaired) electrons. The van der Waals surface area contributed by atoms with Crippen LogP contribution in [0.1, 0.15) is 70.6 Å². The number of aromatic nitrogens is 1. The van der Waals surface area contributed by atoms with Gasteiger partial charge in [-0.2, -0.15) is 0 Å². The highest BCUT2D eigenvalue weighted by atomic mass is 32.1. The Hall–Kier alpha value is -4.44. The second kappa shape index (κ2) is 11.6. The first-order valence-corrected chi connectivity index (χ1v) is 14.2. The number of amides is 1. The number of furan rings is 1. The number of unbranched alkanes of at least 4 members (excludes halogenated alkanes) is 2. The first kappa shape index (κ1) is 28.1. The van der Waals surface area contributed by atoms with E-state index in [1.54, 1.807) is 49.4 Å². The van der Waals surface area contributed by atoms with Gasteiger partial charge in [0.25, 0.3) is 5.91 Å². The van der Waals surface area contributed by atoms with Gasteiger partial charge in [0.2, 0.25) is 5.78 Å². The van der Waals surface area contributed by atoms with Crippen LogP contribution in [0.5, 0.6) is 11.5 Å². The van der Waals surface area contributed by atoms with Gasteiger partial charge in [0.15, 0.2) is 33.9 Å². The van der Waals surface area contributed by atoms with Gasteiger partial charge in [0.1, 0.15) is 5.58 Å². The number of aliphatic hydroxyl groups is 1. The van der Waals surface area contributed by atoms with E-state index in [1.165, 1.54) is 18.9 Å². The molecule has 0 saturated heterocycles. The van der Waals surface area contributed by atoms with Crippen molar-refractivity contribution in [3.05, 3.63) is 81.8 Å². The van der Waals surface area contributed by atoms with Crippen LogP contribution < -0.4 is 14.4 Å². The van der Waals surface area contributed by atoms with E-state index in [-0.39, 0.29) is 22.2 Å². The molecule has 0 aliphatic carbocycles. The molecule has 2 aromatic carbocycles. The summed E-state index contributed by atoms with van der Waals surface area (Å²) in [4.78, 5) is 45.8. The number of anilines is 1. The number of para-hydroxylation sites is 1. The van der Waals surface area contributed by atoms with E-state index < -0.39 is 23.5 Å². The number of aliphatic hydroxyl groups excluding tert-OH is 1. The van der Waals surface area contributed by atoms with Crippen LogP contribution in [0.15, 0.2) is 64.3 Å². The van der Waals surface area contributed by atoms with Crippen LogP contribution in [-0.2, 0) is 4.79 Å². The number of aryl methyl sites for hydroxylation is 1. The predicted octanol–water partition coefficient (Wildman–Crippen LogP) is 6.76. The molecule has 5 rings (SSSR count). The minimum Gasteiger partial charge on any atom is -0.503 e. The van der Waals surface area contributed by atoms with Crippen molar-refractivity contribution in [1.29, 1.82) is 0 Å². The van der Waals surface area contributed by atoms with Gasteiger partial charge in [0.05, 0.1) is 35.9 Å². The van der Waals surface area contributed by atoms with Crippen LogP contribution in [-0.4, -0.2) is 41.3 Å². The zero-order valence-corrected chi connectivity index (χ0v) is 24.0. The molecular formula is C31H30N2O7S. The lowest BCUT2D eigenvalue weighted by atomic mass is 9.95. The Labute approximate surface area is 241 Å². The molecule has 1 N–H and O–H groups in total. The van der Waals surface area contributed by atoms with Crippen LogP contribution in [0.2, 0.25) is 0 Å². The monoisotopic (exact) mass is 574 g/mol. The summed E-state index contributed by atoms with van der Waals surface area (Å²) in [6.07, 6.45) is 2.98. The molecule has 9 nitrogen and oxygen atoms in total. The second-order valence-electron chi connectivity index (χ2n) is 9.75. The highest BCUT2D eigenvalue weighted by Crippen LogP contribution is 2.45. The standard InChI is InChI=1S/C31H30N2O7S/c1-5-6-9-14-39-22-13-12-20(16-23(22)38-4)26-25(27(35)24-15-19-10-7-8-11-21(19)40-24)28(36)30(37)33(26)31-32-17(2)29(41-31)18(3)34/h7-8,10-13,15-16,26,36H,5-6,9,14H2,1-4H3. The number of fused-ring (bicyclic) bond motifs is 1. The average Bonchev–Trinajstić information content (AvgIpc) is 3.64. The van der Waals surface area contributed by atoms with Crippen molar-refractivity contribution in [1.82, 2.24) is 4.98 Å². The number of ketones is 2. The Morgan fingerprint density at radius 3 is 2.59 bits per heavy atom. The topological polar surface area (TPSA) is 119 Å². The number of methoxy groups -OCH3 is 1. The Morgan fingerprint density at radius 2 is 1.90 bits per heavy atom. The number of hydrogen-bond donors (Lipinski definition) is 1. The third-order valence-electron chi connectivity index (χ3n) is 6.92. The minimum absolute atomic E-state index is 0.0185. The fourth-order valence-electron chi connectivity index (χ4n) is 4.90. The van der Waals surface area contributed by atoms with Gasteiger partial charge in [-0.25, -0.2) is 4.98 Å². The maximum Gasteiger partial charge on any atom is 0.296 e. The van der Waals surface area contributed by atoms with Crippen molar-refractivity contribution in [3.63, 3.8) is 0 Å². The van der Waals surface area contributed by atoms with Crippen molar-refractivity contribution >= 4 is 44.9 Å². The van der Waals surface area contributed by atoms with Crippen LogP contribution in [0.3, 0.4) is 0 Å². The second-order valence-corrected chi connectivity index (χ2v) is 10.7. The lowest BCUT2D eigenvalue weighted by molar-refractivity contribution is -0.117. The van der Waals surface area contributed by atoms with E-state index in [0.717, 1.165) is 30.6 Å². The molecule has 0 spiro atoms. The summed E-state index contributed by atoms with van der Waals surface area (Å²) in [5.74, 6) is -1.45. The van der Waals surface area contributed by atoms with Crippen molar-refractivity contribution in [3.8, 4) is 11.5 Å². The van der Waals surface area contributed by atoms with Gasteiger partial charge in [-0.1, -0.05) is 55.4 Å². The molecular weight excluding hydrogens is 544 g/mol. The predicted molar refractivity (Wildman–Crippen MR) is 155 cm³/mol. The van der Waals surface area contributed by atoms with Crippen LogP contribution in [0.4, 0.5) is 5.13 Å². The molecule has 1 atom stereocenters. The van der Waals surface area contributed by atoms with E-state index >= 15 is 0 Å². The molecule has 1 aliphatic heterocycles. The van der Waals surface area contributed by atoms with Gasteiger partial charge in [-0.05, 0) is 43.2 Å². The fraction of sp³-hybridized carbons (Fsp3) is 0.290. The van der Waals surface area contributed by atoms with Crippen molar-refractivity contribution in [2.75, 3.05) is 18.6 Å². The molecule has 0 saturated carbocycles. The van der Waals surface area contributed by atoms with Gasteiger partial charge < -0.3 is 19.0 Å². The summed E-state index contributed by atoms with van der Waals surface area (Å²) >= 11 is 1.03. The number of Topliss-reactive ketones (excluding diaryl/α,β-unsaturated/α-hetero) is 2. The smallest absolute Gasteiger partial charge is 0.296 e. The maximum absolute atomic E-state index is 13.9. The molecule has 212 valence electrons. The van der Waals surface area contributed by atoms with Gasteiger partial charge in [-0.15, -0.1) is 0 Å². The summed E-state index contributed by atoms with van der Waals surface area (Å²) in [6.45, 7) is 5.72. The lowest BCUT2D eigenvalue weighted by Crippen LogP contribution is -2.31. The summed E-state index contributed by atoms with van der Waals surface area (Å²) in [5, 5.41) is 12.0. The van der Waals surface area contributed by atoms with Crippen LogP contribution in [0, 0.1) is 6.92 Å². The zero-order valence-electron chi connectivity index (χ0n) is 23.2. The largest absolute Gasteiger partial charge is 0.503 e. The first-order valence-electron chi connectivity index (χ1n) is 13.3. The average molecular weight is 575 g/mol. The number of rotatable bonds is 11. The van der Waals surface area contributed by atoms with Crippen molar-refractivity contribution in [2.24, 2.45) is 0 Å². The number of carbonyl (C=O) groups is 3. The van der Waals surface area contributed by atoms with E-state index in [0.29, 0.717) is 45.2 Å². The maximum atomic E-state index is 13.9. The Kier molecular flexibility index (Phi) is 7.94. The first-order chi connectivity index (χ1) is 19.7. The molecule has 10 heteroatoms. The Bertz CT molecular complexity index is 1650. The van der Waals surface area contributed by atoms with E-state index in [9.17, 15) is 19.5 Å². The number of thiazole rings is 1. The summed E-state index contributed by atoms with van der Waals surface area (Å²) in [5.41, 5.74) is 1.28. The molecule has 3 heterocycles. The van der Waals surface area contributed by atoms with E-state index in [2.05, 4.69) is 11.9 Å². The highest BCUT2D eigenvalue weighted by molar-refractivity contribution is 7.17. The lowest BCUT2D eigenvalue weighted by Gasteiger charge is -2.25. The molecule has 41 heavy (non-hydrogen) atoms. The summed E-state index contributed by atoms with van der Waals surface area (Å²) in [7, 11) is 1.51. The van der Waals surface area contributed by atoms with E-state index in [4.69, 9.17) is 13.9 Å². The number of hydrogen-bond acceptors (Lipinski definition) is 9. The summed E-state index contributed by atoms with van der Waals surface area (Å²) in [6, 6.07) is 12.8. The van der Waals surface area contributed by atoms with Gasteiger partial charge in [-0.3, -0.25) is 19.3 Å². The van der Waals surface area contributed by atoms with Crippen molar-refractivity contribution < 1.29 is 33.4 Å². The number of carbonyl (C=O) groups excluding carboxylic acids is 3.